The molecule has 1 aromatic heterocycles. The lowest BCUT2D eigenvalue weighted by atomic mass is 10.2. The molecule has 5 heteroatoms. The van der Waals surface area contributed by atoms with E-state index >= 15 is 0 Å². The van der Waals surface area contributed by atoms with Gasteiger partial charge in [-0.1, -0.05) is 17.7 Å². The number of H-pyrrole nitrogens is 1. The Morgan fingerprint density at radius 3 is 2.53 bits per heavy atom. The van der Waals surface area contributed by atoms with E-state index in [1.165, 1.54) is 17.3 Å². The van der Waals surface area contributed by atoms with Gasteiger partial charge in [0.25, 0.3) is 0 Å². The van der Waals surface area contributed by atoms with Crippen molar-refractivity contribution < 1.29 is 4.79 Å². The molecule has 2 N–H and O–H groups in total. The van der Waals surface area contributed by atoms with Crippen molar-refractivity contribution in [3.8, 4) is 0 Å². The first-order valence-corrected chi connectivity index (χ1v) is 7.05. The smallest absolute Gasteiger partial charge is 0.234 e. The summed E-state index contributed by atoms with van der Waals surface area (Å²) in [6, 6.07) is 7.78. The Morgan fingerprint density at radius 2 is 1.95 bits per heavy atom. The van der Waals surface area contributed by atoms with E-state index in [1.54, 1.807) is 0 Å². The number of nitrogens with zero attached hydrogens (tertiary/aromatic N) is 1. The summed E-state index contributed by atoms with van der Waals surface area (Å²) in [5, 5.41) is 9.90. The van der Waals surface area contributed by atoms with E-state index in [-0.39, 0.29) is 5.91 Å². The normalized spacial score (nSPS) is 10.5. The van der Waals surface area contributed by atoms with E-state index in [2.05, 4.69) is 15.5 Å². The first-order chi connectivity index (χ1) is 9.06. The van der Waals surface area contributed by atoms with Crippen molar-refractivity contribution in [1.82, 2.24) is 10.2 Å². The Labute approximate surface area is 117 Å². The third kappa shape index (κ3) is 3.61. The molecular weight excluding hydrogens is 258 g/mol. The van der Waals surface area contributed by atoms with Gasteiger partial charge in [-0.2, -0.15) is 5.10 Å². The van der Waals surface area contributed by atoms with Gasteiger partial charge >= 0.3 is 0 Å². The molecule has 0 atom stereocenters. The number of aromatic amines is 1. The Balaban J connectivity index is 1.90. The van der Waals surface area contributed by atoms with Gasteiger partial charge in [-0.25, -0.2) is 0 Å². The van der Waals surface area contributed by atoms with Gasteiger partial charge < -0.3 is 5.32 Å². The summed E-state index contributed by atoms with van der Waals surface area (Å²) in [6.45, 7) is 5.91. The molecule has 1 heterocycles. The molecule has 0 saturated heterocycles. The maximum absolute atomic E-state index is 11.9. The average Bonchev–Trinajstić information content (AvgIpc) is 2.70. The number of nitrogens with one attached hydrogen (secondary N) is 2. The topological polar surface area (TPSA) is 57.8 Å². The number of anilines is 1. The average molecular weight is 275 g/mol. The summed E-state index contributed by atoms with van der Waals surface area (Å²) in [4.78, 5) is 12.9. The molecule has 1 amide bonds. The highest BCUT2D eigenvalue weighted by atomic mass is 32.2. The van der Waals surface area contributed by atoms with Gasteiger partial charge in [-0.05, 0) is 32.9 Å². The number of hydrogen-bond acceptors (Lipinski definition) is 3. The van der Waals surface area contributed by atoms with E-state index in [4.69, 9.17) is 0 Å². The van der Waals surface area contributed by atoms with E-state index in [9.17, 15) is 4.79 Å². The fourth-order valence-electron chi connectivity index (χ4n) is 1.72. The van der Waals surface area contributed by atoms with Crippen molar-refractivity contribution in [3.63, 3.8) is 0 Å². The van der Waals surface area contributed by atoms with Crippen molar-refractivity contribution in [3.05, 3.63) is 41.2 Å². The van der Waals surface area contributed by atoms with Crippen LogP contribution in [0.4, 0.5) is 5.69 Å². The number of carbonyl (C=O) groups excluding carboxylic acids is 1. The number of benzene rings is 1. The monoisotopic (exact) mass is 275 g/mol. The number of carbonyl (C=O) groups is 1. The first-order valence-electron chi connectivity index (χ1n) is 6.07. The highest BCUT2D eigenvalue weighted by Gasteiger charge is 2.09. The summed E-state index contributed by atoms with van der Waals surface area (Å²) < 4.78 is 0. The lowest BCUT2D eigenvalue weighted by molar-refractivity contribution is -0.113. The highest BCUT2D eigenvalue weighted by molar-refractivity contribution is 8.00. The first kappa shape index (κ1) is 13.7. The Morgan fingerprint density at radius 1 is 1.26 bits per heavy atom. The predicted octanol–water partition coefficient (Wildman–Crippen LogP) is 3.07. The van der Waals surface area contributed by atoms with Gasteiger partial charge in [0.2, 0.25) is 5.91 Å². The molecule has 0 aliphatic carbocycles. The molecule has 0 saturated carbocycles. The van der Waals surface area contributed by atoms with Crippen LogP contribution in [0.3, 0.4) is 0 Å². The van der Waals surface area contributed by atoms with Crippen LogP contribution in [0.15, 0.2) is 29.2 Å². The third-order valence-electron chi connectivity index (χ3n) is 2.74. The molecule has 0 aliphatic rings. The number of aryl methyl sites for hydroxylation is 3. The third-order valence-corrected chi connectivity index (χ3v) is 4.04. The van der Waals surface area contributed by atoms with Crippen LogP contribution in [0.25, 0.3) is 0 Å². The van der Waals surface area contributed by atoms with E-state index < -0.39 is 0 Å². The number of rotatable bonds is 4. The van der Waals surface area contributed by atoms with Crippen molar-refractivity contribution in [2.24, 2.45) is 0 Å². The van der Waals surface area contributed by atoms with Gasteiger partial charge in [0.1, 0.15) is 0 Å². The lowest BCUT2D eigenvalue weighted by Gasteiger charge is -2.05. The minimum atomic E-state index is -0.00569. The predicted molar refractivity (Wildman–Crippen MR) is 78.6 cm³/mol. The van der Waals surface area contributed by atoms with Gasteiger partial charge in [0.05, 0.1) is 16.3 Å². The Bertz CT molecular complexity index is 555. The second-order valence-corrected chi connectivity index (χ2v) is 5.45. The van der Waals surface area contributed by atoms with Crippen LogP contribution in [0.5, 0.6) is 0 Å². The van der Waals surface area contributed by atoms with Gasteiger partial charge in [0, 0.05) is 11.4 Å². The fourth-order valence-corrected chi connectivity index (χ4v) is 2.59. The van der Waals surface area contributed by atoms with Crippen molar-refractivity contribution >= 4 is 23.4 Å². The van der Waals surface area contributed by atoms with Crippen LogP contribution in [-0.2, 0) is 4.79 Å². The van der Waals surface area contributed by atoms with Gasteiger partial charge in [0.15, 0.2) is 0 Å². The van der Waals surface area contributed by atoms with Crippen molar-refractivity contribution in [1.29, 1.82) is 0 Å². The largest absolute Gasteiger partial charge is 0.325 e. The minimum absolute atomic E-state index is 0.00569. The number of thioether (sulfide) groups is 1. The quantitative estimate of drug-likeness (QED) is 0.843. The maximum atomic E-state index is 11.9. The molecule has 0 fully saturated rings. The van der Waals surface area contributed by atoms with Crippen LogP contribution in [0, 0.1) is 20.8 Å². The Hall–Kier alpha value is -1.75. The molecule has 0 unspecified atom stereocenters. The molecule has 2 rings (SSSR count). The zero-order chi connectivity index (χ0) is 13.8. The lowest BCUT2D eigenvalue weighted by Crippen LogP contribution is -2.14. The van der Waals surface area contributed by atoms with Crippen LogP contribution in [0.1, 0.15) is 17.0 Å². The summed E-state index contributed by atoms with van der Waals surface area (Å²) in [6.07, 6.45) is 0. The standard InChI is InChI=1S/C14H17N3OS/c1-9-4-6-12(7-5-9)15-13(18)8-19-14-10(2)16-17-11(14)3/h4-7H,8H2,1-3H3,(H,15,18)(H,16,17). The van der Waals surface area contributed by atoms with Crippen LogP contribution in [0.2, 0.25) is 0 Å². The Kier molecular flexibility index (Phi) is 4.27. The summed E-state index contributed by atoms with van der Waals surface area (Å²) >= 11 is 1.51. The SMILES string of the molecule is Cc1ccc(NC(=O)CSc2c(C)n[nH]c2C)cc1. The van der Waals surface area contributed by atoms with Gasteiger partial charge in [-0.3, -0.25) is 9.89 Å². The van der Waals surface area contributed by atoms with E-state index in [0.717, 1.165) is 22.0 Å². The summed E-state index contributed by atoms with van der Waals surface area (Å²) in [7, 11) is 0. The number of amides is 1. The van der Waals surface area contributed by atoms with E-state index in [1.807, 2.05) is 45.0 Å². The molecule has 4 nitrogen and oxygen atoms in total. The molecule has 0 radical (unpaired) electrons. The second-order valence-electron chi connectivity index (χ2n) is 4.47. The molecule has 0 bridgehead atoms. The molecule has 0 spiro atoms. The van der Waals surface area contributed by atoms with Crippen molar-refractivity contribution in [2.45, 2.75) is 25.7 Å². The molecular formula is C14H17N3OS. The zero-order valence-corrected chi connectivity index (χ0v) is 12.1. The maximum Gasteiger partial charge on any atom is 0.234 e. The fraction of sp³-hybridized carbons (Fsp3) is 0.286. The highest BCUT2D eigenvalue weighted by Crippen LogP contribution is 2.24. The molecule has 19 heavy (non-hydrogen) atoms. The molecule has 100 valence electrons. The molecule has 1 aromatic carbocycles. The van der Waals surface area contributed by atoms with Crippen LogP contribution >= 0.6 is 11.8 Å². The van der Waals surface area contributed by atoms with Crippen molar-refractivity contribution in [2.75, 3.05) is 11.1 Å². The second kappa shape index (κ2) is 5.93. The summed E-state index contributed by atoms with van der Waals surface area (Å²) in [5.41, 5.74) is 3.95. The van der Waals surface area contributed by atoms with E-state index in [0.29, 0.717) is 5.75 Å². The summed E-state index contributed by atoms with van der Waals surface area (Å²) in [5.74, 6) is 0.378. The zero-order valence-electron chi connectivity index (χ0n) is 11.3. The van der Waals surface area contributed by atoms with Gasteiger partial charge in [-0.15, -0.1) is 11.8 Å². The number of hydrogen-bond donors (Lipinski definition) is 2. The molecule has 2 aromatic rings. The molecule has 0 aliphatic heterocycles. The number of aromatic nitrogens is 2. The van der Waals surface area contributed by atoms with Crippen LogP contribution < -0.4 is 5.32 Å². The van der Waals surface area contributed by atoms with Crippen LogP contribution in [-0.4, -0.2) is 21.9 Å². The minimum Gasteiger partial charge on any atom is -0.325 e.